The zero-order valence-corrected chi connectivity index (χ0v) is 15.2. The van der Waals surface area contributed by atoms with Gasteiger partial charge in [0, 0.05) is 30.8 Å². The predicted octanol–water partition coefficient (Wildman–Crippen LogP) is 3.90. The van der Waals surface area contributed by atoms with E-state index in [0.29, 0.717) is 25.2 Å². The normalized spacial score (nSPS) is 17.0. The van der Waals surface area contributed by atoms with Gasteiger partial charge in [0.15, 0.2) is 0 Å². The lowest BCUT2D eigenvalue weighted by atomic mass is 9.90. The molecule has 27 heavy (non-hydrogen) atoms. The molecule has 0 saturated carbocycles. The molecule has 0 radical (unpaired) electrons. The third-order valence-corrected chi connectivity index (χ3v) is 5.20. The largest absolute Gasteiger partial charge is 0.337 e. The minimum Gasteiger partial charge on any atom is -0.337 e. The molecule has 0 bridgehead atoms. The van der Waals surface area contributed by atoms with Crippen LogP contribution in [0, 0.1) is 5.92 Å². The van der Waals surface area contributed by atoms with Crippen molar-refractivity contribution >= 4 is 22.6 Å². The van der Waals surface area contributed by atoms with Crippen LogP contribution in [-0.4, -0.2) is 34.7 Å². The van der Waals surface area contributed by atoms with E-state index in [0.717, 1.165) is 29.3 Å². The second-order valence-corrected chi connectivity index (χ2v) is 7.11. The van der Waals surface area contributed by atoms with Gasteiger partial charge in [-0.1, -0.05) is 54.6 Å². The van der Waals surface area contributed by atoms with Crippen molar-refractivity contribution in [3.63, 3.8) is 0 Å². The Balaban J connectivity index is 1.46. The highest BCUT2D eigenvalue weighted by Crippen LogP contribution is 2.21. The zero-order chi connectivity index (χ0) is 18.6. The van der Waals surface area contributed by atoms with Crippen LogP contribution in [0.5, 0.6) is 0 Å². The van der Waals surface area contributed by atoms with E-state index in [2.05, 4.69) is 4.98 Å². The fourth-order valence-corrected chi connectivity index (χ4v) is 3.71. The number of nitrogens with zero attached hydrogens (tertiary/aromatic N) is 2. The summed E-state index contributed by atoms with van der Waals surface area (Å²) in [7, 11) is 0. The Labute approximate surface area is 158 Å². The lowest BCUT2D eigenvalue weighted by Crippen LogP contribution is -2.43. The van der Waals surface area contributed by atoms with Crippen molar-refractivity contribution in [1.82, 2.24) is 9.88 Å². The van der Waals surface area contributed by atoms with Crippen molar-refractivity contribution < 1.29 is 9.59 Å². The van der Waals surface area contributed by atoms with Crippen LogP contribution in [0.3, 0.4) is 0 Å². The summed E-state index contributed by atoms with van der Waals surface area (Å²) >= 11 is 0. The topological polar surface area (TPSA) is 50.3 Å². The fourth-order valence-electron chi connectivity index (χ4n) is 3.71. The first-order valence-electron chi connectivity index (χ1n) is 9.42. The zero-order valence-electron chi connectivity index (χ0n) is 15.2. The molecule has 1 aliphatic rings. The van der Waals surface area contributed by atoms with Gasteiger partial charge >= 0.3 is 0 Å². The number of pyridine rings is 1. The summed E-state index contributed by atoms with van der Waals surface area (Å²) in [4.78, 5) is 31.9. The monoisotopic (exact) mass is 358 g/mol. The van der Waals surface area contributed by atoms with Crippen LogP contribution >= 0.6 is 0 Å². The summed E-state index contributed by atoms with van der Waals surface area (Å²) in [5, 5.41) is 1.02. The number of ketones is 1. The molecule has 1 fully saturated rings. The number of rotatable bonds is 4. The second kappa shape index (κ2) is 7.70. The summed E-state index contributed by atoms with van der Waals surface area (Å²) in [5.41, 5.74) is 2.30. The van der Waals surface area contributed by atoms with Gasteiger partial charge in [0.2, 0.25) is 0 Å². The molecule has 2 heterocycles. The van der Waals surface area contributed by atoms with Crippen molar-refractivity contribution in [2.45, 2.75) is 19.3 Å². The maximum absolute atomic E-state index is 12.9. The molecule has 1 aromatic heterocycles. The first kappa shape index (κ1) is 17.4. The predicted molar refractivity (Wildman–Crippen MR) is 106 cm³/mol. The molecule has 1 amide bonds. The molecule has 4 nitrogen and oxygen atoms in total. The molecule has 0 N–H and O–H groups in total. The average molecular weight is 358 g/mol. The number of hydrogen-bond donors (Lipinski definition) is 0. The number of Topliss-reactive ketones (excluding diaryl/α,β-unsaturated/α-hetero) is 1. The highest BCUT2D eigenvalue weighted by atomic mass is 16.2. The maximum atomic E-state index is 12.9. The average Bonchev–Trinajstić information content (AvgIpc) is 2.73. The standard InChI is InChI=1S/C23H22N2O2/c26-22(15-17-7-2-1-3-8-17)19-10-6-14-25(16-19)23(27)21-13-12-18-9-4-5-11-20(18)24-21/h1-5,7-9,11-13,19H,6,10,14-16H2. The second-order valence-electron chi connectivity index (χ2n) is 7.11. The molecule has 1 atom stereocenters. The molecule has 3 aromatic rings. The highest BCUT2D eigenvalue weighted by Gasteiger charge is 2.29. The molecule has 1 unspecified atom stereocenters. The molecule has 136 valence electrons. The van der Waals surface area contributed by atoms with E-state index >= 15 is 0 Å². The van der Waals surface area contributed by atoms with Crippen LogP contribution in [0.25, 0.3) is 10.9 Å². The molecule has 4 rings (SSSR count). The van der Waals surface area contributed by atoms with Crippen molar-refractivity contribution in [2.75, 3.05) is 13.1 Å². The van der Waals surface area contributed by atoms with Gasteiger partial charge in [-0.2, -0.15) is 0 Å². The Morgan fingerprint density at radius 2 is 1.74 bits per heavy atom. The van der Waals surface area contributed by atoms with E-state index in [1.807, 2.05) is 60.7 Å². The molecule has 2 aromatic carbocycles. The number of benzene rings is 2. The van der Waals surface area contributed by atoms with Crippen LogP contribution in [0.4, 0.5) is 0 Å². The number of para-hydroxylation sites is 1. The number of hydrogen-bond acceptors (Lipinski definition) is 3. The summed E-state index contributed by atoms with van der Waals surface area (Å²) in [6.45, 7) is 1.17. The third kappa shape index (κ3) is 3.90. The SMILES string of the molecule is O=C(Cc1ccccc1)C1CCCN(C(=O)c2ccc3ccccc3n2)C1. The van der Waals surface area contributed by atoms with Gasteiger partial charge < -0.3 is 4.90 Å². The lowest BCUT2D eigenvalue weighted by molar-refractivity contribution is -0.123. The van der Waals surface area contributed by atoms with E-state index < -0.39 is 0 Å². The Morgan fingerprint density at radius 1 is 0.963 bits per heavy atom. The maximum Gasteiger partial charge on any atom is 0.272 e. The summed E-state index contributed by atoms with van der Waals surface area (Å²) in [5.74, 6) is 0.0338. The minimum absolute atomic E-state index is 0.0852. The Morgan fingerprint density at radius 3 is 2.59 bits per heavy atom. The first-order chi connectivity index (χ1) is 13.2. The summed E-state index contributed by atoms with van der Waals surface area (Å²) < 4.78 is 0. The number of carbonyl (C=O) groups is 2. The molecule has 0 spiro atoms. The van der Waals surface area contributed by atoms with E-state index in [4.69, 9.17) is 0 Å². The number of carbonyl (C=O) groups excluding carboxylic acids is 2. The Kier molecular flexibility index (Phi) is 4.97. The quantitative estimate of drug-likeness (QED) is 0.711. The number of piperidine rings is 1. The van der Waals surface area contributed by atoms with Crippen molar-refractivity contribution in [3.8, 4) is 0 Å². The molecular formula is C23H22N2O2. The van der Waals surface area contributed by atoms with Crippen molar-refractivity contribution in [2.24, 2.45) is 5.92 Å². The van der Waals surface area contributed by atoms with Crippen LogP contribution < -0.4 is 0 Å². The van der Waals surface area contributed by atoms with Crippen LogP contribution in [0.15, 0.2) is 66.7 Å². The lowest BCUT2D eigenvalue weighted by Gasteiger charge is -2.32. The fraction of sp³-hybridized carbons (Fsp3) is 0.261. The molecule has 4 heteroatoms. The number of likely N-dealkylation sites (tertiary alicyclic amines) is 1. The number of fused-ring (bicyclic) bond motifs is 1. The highest BCUT2D eigenvalue weighted by molar-refractivity contribution is 5.95. The van der Waals surface area contributed by atoms with Gasteiger partial charge in [0.1, 0.15) is 11.5 Å². The van der Waals surface area contributed by atoms with Crippen molar-refractivity contribution in [1.29, 1.82) is 0 Å². The Bertz CT molecular complexity index is 968. The molecule has 1 saturated heterocycles. The van der Waals surface area contributed by atoms with E-state index in [9.17, 15) is 9.59 Å². The van der Waals surface area contributed by atoms with E-state index in [-0.39, 0.29) is 17.6 Å². The van der Waals surface area contributed by atoms with Gasteiger partial charge in [-0.15, -0.1) is 0 Å². The van der Waals surface area contributed by atoms with Gasteiger partial charge in [0.05, 0.1) is 5.52 Å². The first-order valence-corrected chi connectivity index (χ1v) is 9.42. The van der Waals surface area contributed by atoms with Crippen molar-refractivity contribution in [3.05, 3.63) is 78.0 Å². The van der Waals surface area contributed by atoms with E-state index in [1.54, 1.807) is 11.0 Å². The smallest absolute Gasteiger partial charge is 0.272 e. The molecule has 0 aliphatic carbocycles. The Hall–Kier alpha value is -3.01. The van der Waals surface area contributed by atoms with Gasteiger partial charge in [0.25, 0.3) is 5.91 Å². The molecular weight excluding hydrogens is 336 g/mol. The van der Waals surface area contributed by atoms with E-state index in [1.165, 1.54) is 0 Å². The van der Waals surface area contributed by atoms with Gasteiger partial charge in [-0.05, 0) is 30.5 Å². The minimum atomic E-state index is -0.0941. The van der Waals surface area contributed by atoms with Crippen LogP contribution in [-0.2, 0) is 11.2 Å². The summed E-state index contributed by atoms with van der Waals surface area (Å²) in [6.07, 6.45) is 2.13. The van der Waals surface area contributed by atoms with Crippen LogP contribution in [0.2, 0.25) is 0 Å². The third-order valence-electron chi connectivity index (χ3n) is 5.20. The molecule has 1 aliphatic heterocycles. The van der Waals surface area contributed by atoms with Crippen LogP contribution in [0.1, 0.15) is 28.9 Å². The van der Waals surface area contributed by atoms with Gasteiger partial charge in [-0.25, -0.2) is 4.98 Å². The number of aromatic nitrogens is 1. The number of amides is 1. The van der Waals surface area contributed by atoms with Gasteiger partial charge in [-0.3, -0.25) is 9.59 Å². The summed E-state index contributed by atoms with van der Waals surface area (Å²) in [6, 6.07) is 21.3.